The van der Waals surface area contributed by atoms with E-state index in [-0.39, 0.29) is 0 Å². The average molecular weight is 438 g/mol. The number of aromatic nitrogens is 6. The fourth-order valence-corrected chi connectivity index (χ4v) is 4.63. The molecule has 1 saturated carbocycles. The molecule has 1 aromatic carbocycles. The Morgan fingerprint density at radius 2 is 2.06 bits per heavy atom. The Balaban J connectivity index is 1.10. The van der Waals surface area contributed by atoms with Gasteiger partial charge in [0.2, 0.25) is 0 Å². The number of hydrogen-bond acceptors (Lipinski definition) is 5. The third-order valence-corrected chi connectivity index (χ3v) is 6.70. The molecule has 0 radical (unpaired) electrons. The van der Waals surface area contributed by atoms with Gasteiger partial charge in [-0.25, -0.2) is 9.67 Å². The Hall–Kier alpha value is -3.58. The zero-order chi connectivity index (χ0) is 22.0. The van der Waals surface area contributed by atoms with Crippen molar-refractivity contribution in [1.82, 2.24) is 34.8 Å². The number of pyridine rings is 1. The summed E-state index contributed by atoms with van der Waals surface area (Å²) >= 11 is 0. The maximum atomic E-state index is 4.38. The van der Waals surface area contributed by atoms with E-state index in [2.05, 4.69) is 49.9 Å². The van der Waals surface area contributed by atoms with Gasteiger partial charge in [0.15, 0.2) is 0 Å². The SMILES string of the molecule is C1=C(CNCC2CCC2)Cc2cc(Cn3cc(-c4cncc(-n5ccnc5)c4)nn3)ccc21. The highest BCUT2D eigenvalue weighted by Crippen LogP contribution is 2.28. The molecule has 0 aliphatic heterocycles. The molecule has 2 aliphatic rings. The fourth-order valence-electron chi connectivity index (χ4n) is 4.63. The third-order valence-electron chi connectivity index (χ3n) is 6.70. The maximum Gasteiger partial charge on any atom is 0.114 e. The maximum absolute atomic E-state index is 4.38. The lowest BCUT2D eigenvalue weighted by Gasteiger charge is -2.25. The summed E-state index contributed by atoms with van der Waals surface area (Å²) in [5.41, 5.74) is 8.18. The van der Waals surface area contributed by atoms with Crippen molar-refractivity contribution in [3.8, 4) is 16.9 Å². The average Bonchev–Trinajstić information content (AvgIpc) is 3.56. The first-order valence-electron chi connectivity index (χ1n) is 11.7. The number of nitrogens with one attached hydrogen (secondary N) is 1. The number of benzene rings is 1. The zero-order valence-electron chi connectivity index (χ0n) is 18.6. The van der Waals surface area contributed by atoms with Gasteiger partial charge in [-0.2, -0.15) is 0 Å². The van der Waals surface area contributed by atoms with Crippen molar-refractivity contribution in [3.63, 3.8) is 0 Å². The van der Waals surface area contributed by atoms with Gasteiger partial charge in [-0.1, -0.05) is 41.5 Å². The molecule has 7 nitrogen and oxygen atoms in total. The second kappa shape index (κ2) is 8.75. The minimum absolute atomic E-state index is 0.699. The number of fused-ring (bicyclic) bond motifs is 1. The Morgan fingerprint density at radius 3 is 2.91 bits per heavy atom. The van der Waals surface area contributed by atoms with Gasteiger partial charge in [0, 0.05) is 30.7 Å². The Morgan fingerprint density at radius 1 is 1.09 bits per heavy atom. The molecule has 166 valence electrons. The van der Waals surface area contributed by atoms with Crippen molar-refractivity contribution in [2.24, 2.45) is 5.92 Å². The first kappa shape index (κ1) is 20.1. The standard InChI is InChI=1S/C26H27N7/c1-2-19(3-1)12-28-13-21-9-22-5-4-20(8-23(22)10-21)16-33-17-26(30-31-33)24-11-25(15-29-14-24)32-7-6-27-18-32/h4-9,11,14-15,17-19,28H,1-3,10,12-13,16H2. The molecule has 0 unspecified atom stereocenters. The highest BCUT2D eigenvalue weighted by molar-refractivity contribution is 5.64. The van der Waals surface area contributed by atoms with Crippen LogP contribution < -0.4 is 5.32 Å². The second-order valence-electron chi connectivity index (χ2n) is 9.14. The van der Waals surface area contributed by atoms with E-state index in [4.69, 9.17) is 0 Å². The Labute approximate surface area is 193 Å². The monoisotopic (exact) mass is 437 g/mol. The van der Waals surface area contributed by atoms with Gasteiger partial charge in [-0.3, -0.25) is 4.98 Å². The van der Waals surface area contributed by atoms with Crippen LogP contribution in [0.5, 0.6) is 0 Å². The minimum atomic E-state index is 0.699. The highest BCUT2D eigenvalue weighted by Gasteiger charge is 2.18. The molecule has 3 heterocycles. The molecule has 0 bridgehead atoms. The Kier molecular flexibility index (Phi) is 5.32. The molecular formula is C26H27N7. The number of rotatable bonds is 8. The van der Waals surface area contributed by atoms with Gasteiger partial charge in [0.25, 0.3) is 0 Å². The van der Waals surface area contributed by atoms with Gasteiger partial charge in [0.05, 0.1) is 31.0 Å². The summed E-state index contributed by atoms with van der Waals surface area (Å²) < 4.78 is 3.82. The number of nitrogens with zero attached hydrogens (tertiary/aromatic N) is 6. The van der Waals surface area contributed by atoms with Gasteiger partial charge in [-0.05, 0) is 54.5 Å². The van der Waals surface area contributed by atoms with E-state index < -0.39 is 0 Å². The van der Waals surface area contributed by atoms with Crippen LogP contribution in [0.2, 0.25) is 0 Å². The summed E-state index contributed by atoms with van der Waals surface area (Å²) in [5, 5.41) is 12.4. The quantitative estimate of drug-likeness (QED) is 0.453. The lowest BCUT2D eigenvalue weighted by atomic mass is 9.85. The molecule has 0 saturated heterocycles. The predicted molar refractivity (Wildman–Crippen MR) is 128 cm³/mol. The molecule has 0 atom stereocenters. The molecule has 3 aromatic heterocycles. The molecule has 33 heavy (non-hydrogen) atoms. The van der Waals surface area contributed by atoms with Crippen LogP contribution in [0.15, 0.2) is 67.2 Å². The Bertz CT molecular complexity index is 1280. The van der Waals surface area contributed by atoms with Crippen LogP contribution in [0.4, 0.5) is 0 Å². The normalized spacial score (nSPS) is 15.3. The summed E-state index contributed by atoms with van der Waals surface area (Å²) in [5.74, 6) is 0.901. The lowest BCUT2D eigenvalue weighted by molar-refractivity contribution is 0.305. The predicted octanol–water partition coefficient (Wildman–Crippen LogP) is 3.90. The van der Waals surface area contributed by atoms with Crippen LogP contribution in [0.25, 0.3) is 23.0 Å². The lowest BCUT2D eigenvalue weighted by Crippen LogP contribution is -2.28. The van der Waals surface area contributed by atoms with Crippen LogP contribution in [0.3, 0.4) is 0 Å². The van der Waals surface area contributed by atoms with Crippen molar-refractivity contribution >= 4 is 6.08 Å². The van der Waals surface area contributed by atoms with E-state index in [1.165, 1.54) is 41.5 Å². The number of imidazole rings is 1. The summed E-state index contributed by atoms with van der Waals surface area (Å²) in [4.78, 5) is 8.46. The molecule has 1 N–H and O–H groups in total. The number of hydrogen-bond donors (Lipinski definition) is 1. The second-order valence-corrected chi connectivity index (χ2v) is 9.14. The van der Waals surface area contributed by atoms with E-state index in [0.29, 0.717) is 6.54 Å². The summed E-state index contributed by atoms with van der Waals surface area (Å²) in [6.07, 6.45) is 18.6. The highest BCUT2D eigenvalue weighted by atomic mass is 15.4. The molecular weight excluding hydrogens is 410 g/mol. The topological polar surface area (TPSA) is 73.5 Å². The molecule has 0 amide bonds. The van der Waals surface area contributed by atoms with Crippen molar-refractivity contribution in [3.05, 3.63) is 83.8 Å². The van der Waals surface area contributed by atoms with Crippen molar-refractivity contribution < 1.29 is 0 Å². The van der Waals surface area contributed by atoms with Crippen molar-refractivity contribution in [2.45, 2.75) is 32.2 Å². The fraction of sp³-hybridized carbons (Fsp3) is 0.308. The van der Waals surface area contributed by atoms with Crippen LogP contribution >= 0.6 is 0 Å². The summed E-state index contributed by atoms with van der Waals surface area (Å²) in [6.45, 7) is 2.86. The van der Waals surface area contributed by atoms with Gasteiger partial charge in [-0.15, -0.1) is 5.10 Å². The van der Waals surface area contributed by atoms with E-state index in [1.807, 2.05) is 40.1 Å². The molecule has 0 spiro atoms. The first-order valence-corrected chi connectivity index (χ1v) is 11.7. The van der Waals surface area contributed by atoms with Crippen molar-refractivity contribution in [1.29, 1.82) is 0 Å². The van der Waals surface area contributed by atoms with E-state index in [0.717, 1.165) is 42.4 Å². The zero-order valence-corrected chi connectivity index (χ0v) is 18.6. The van der Waals surface area contributed by atoms with Crippen LogP contribution in [0.1, 0.15) is 36.0 Å². The molecule has 6 rings (SSSR count). The molecule has 2 aliphatic carbocycles. The van der Waals surface area contributed by atoms with E-state index >= 15 is 0 Å². The van der Waals surface area contributed by atoms with Gasteiger partial charge >= 0.3 is 0 Å². The van der Waals surface area contributed by atoms with Crippen LogP contribution in [-0.4, -0.2) is 42.6 Å². The van der Waals surface area contributed by atoms with Gasteiger partial charge in [0.1, 0.15) is 5.69 Å². The van der Waals surface area contributed by atoms with E-state index in [9.17, 15) is 0 Å². The minimum Gasteiger partial charge on any atom is -0.313 e. The first-order chi connectivity index (χ1) is 16.3. The van der Waals surface area contributed by atoms with Gasteiger partial charge < -0.3 is 9.88 Å². The largest absolute Gasteiger partial charge is 0.313 e. The molecule has 7 heteroatoms. The third kappa shape index (κ3) is 4.36. The molecule has 4 aromatic rings. The smallest absolute Gasteiger partial charge is 0.114 e. The summed E-state index contributed by atoms with van der Waals surface area (Å²) in [6, 6.07) is 8.79. The van der Waals surface area contributed by atoms with Crippen molar-refractivity contribution in [2.75, 3.05) is 13.1 Å². The van der Waals surface area contributed by atoms with Crippen LogP contribution in [-0.2, 0) is 13.0 Å². The van der Waals surface area contributed by atoms with E-state index in [1.54, 1.807) is 12.5 Å². The summed E-state index contributed by atoms with van der Waals surface area (Å²) in [7, 11) is 0. The molecule has 1 fully saturated rings. The van der Waals surface area contributed by atoms with Crippen LogP contribution in [0, 0.1) is 5.92 Å².